The van der Waals surface area contributed by atoms with Crippen LogP contribution in [-0.4, -0.2) is 29.6 Å². The first-order chi connectivity index (χ1) is 13.5. The molecule has 0 aliphatic carbocycles. The molecule has 1 saturated heterocycles. The number of hydrogen-bond donors (Lipinski definition) is 0. The Balaban J connectivity index is 2.15. The zero-order chi connectivity index (χ0) is 21.5. The fourth-order valence-electron chi connectivity index (χ4n) is 4.84. The maximum atomic E-state index is 12.8. The molecule has 3 rings (SSSR count). The van der Waals surface area contributed by atoms with Crippen molar-refractivity contribution >= 4 is 5.97 Å². The highest BCUT2D eigenvalue weighted by Gasteiger charge is 2.61. The molecular weight excluding hydrogens is 358 g/mol. The molecule has 0 amide bonds. The molecule has 1 unspecified atom stereocenters. The van der Waals surface area contributed by atoms with Crippen molar-refractivity contribution in [3.63, 3.8) is 0 Å². The first-order valence-electron chi connectivity index (χ1n) is 10.6. The zero-order valence-corrected chi connectivity index (χ0v) is 19.2. The minimum Gasteiger partial charge on any atom is -0.465 e. The molecule has 29 heavy (non-hydrogen) atoms. The van der Waals surface area contributed by atoms with E-state index >= 15 is 0 Å². The Labute approximate surface area is 176 Å². The topological polar surface area (TPSA) is 29.3 Å². The SMILES string of the molecule is CCOC(=O)[C@H]1[C@@H](C(C)(C)C)N1C(c1cc(C)cc(C)c1)c1cc(C)cc(C)c1. The second-order valence-electron chi connectivity index (χ2n) is 9.70. The Morgan fingerprint density at radius 3 is 1.66 bits per heavy atom. The van der Waals surface area contributed by atoms with Gasteiger partial charge in [0, 0.05) is 6.04 Å². The van der Waals surface area contributed by atoms with Gasteiger partial charge in [0.15, 0.2) is 0 Å². The first-order valence-corrected chi connectivity index (χ1v) is 10.6. The molecule has 0 saturated carbocycles. The van der Waals surface area contributed by atoms with Gasteiger partial charge in [-0.2, -0.15) is 0 Å². The standard InChI is InChI=1S/C26H35NO2/c1-9-29-25(28)23-24(26(6,7)8)27(23)22(20-12-16(2)10-17(3)13-20)21-14-18(4)11-19(5)15-21/h10-15,22-24H,9H2,1-8H3/t23-,24+,27?/m1/s1. The predicted octanol–water partition coefficient (Wildman–Crippen LogP) is 5.67. The van der Waals surface area contributed by atoms with E-state index in [1.807, 2.05) is 6.92 Å². The molecule has 3 heteroatoms. The maximum Gasteiger partial charge on any atom is 0.325 e. The van der Waals surface area contributed by atoms with Gasteiger partial charge in [0.1, 0.15) is 6.04 Å². The van der Waals surface area contributed by atoms with E-state index in [-0.39, 0.29) is 29.5 Å². The van der Waals surface area contributed by atoms with E-state index < -0.39 is 0 Å². The van der Waals surface area contributed by atoms with Gasteiger partial charge in [0.25, 0.3) is 0 Å². The molecule has 3 nitrogen and oxygen atoms in total. The van der Waals surface area contributed by atoms with E-state index in [9.17, 15) is 4.79 Å². The van der Waals surface area contributed by atoms with Crippen LogP contribution in [0.15, 0.2) is 36.4 Å². The number of ether oxygens (including phenoxy) is 1. The van der Waals surface area contributed by atoms with Crippen molar-refractivity contribution in [2.24, 2.45) is 5.41 Å². The fourth-order valence-corrected chi connectivity index (χ4v) is 4.84. The lowest BCUT2D eigenvalue weighted by molar-refractivity contribution is -0.143. The highest BCUT2D eigenvalue weighted by molar-refractivity contribution is 5.81. The van der Waals surface area contributed by atoms with Crippen LogP contribution in [0.1, 0.15) is 67.1 Å². The quantitative estimate of drug-likeness (QED) is 0.484. The van der Waals surface area contributed by atoms with E-state index in [2.05, 4.69) is 89.8 Å². The first kappa shape index (κ1) is 21.6. The van der Waals surface area contributed by atoms with E-state index in [1.54, 1.807) is 0 Å². The summed E-state index contributed by atoms with van der Waals surface area (Å²) in [6, 6.07) is 13.4. The van der Waals surface area contributed by atoms with Gasteiger partial charge >= 0.3 is 5.97 Å². The van der Waals surface area contributed by atoms with Crippen molar-refractivity contribution in [2.75, 3.05) is 6.61 Å². The second kappa shape index (κ2) is 7.95. The van der Waals surface area contributed by atoms with E-state index in [4.69, 9.17) is 4.74 Å². The molecule has 2 aromatic carbocycles. The molecule has 1 fully saturated rings. The number of nitrogens with zero attached hydrogens (tertiary/aromatic N) is 1. The minimum absolute atomic E-state index is 0.0204. The van der Waals surface area contributed by atoms with E-state index in [1.165, 1.54) is 33.4 Å². The lowest BCUT2D eigenvalue weighted by Crippen LogP contribution is -2.22. The third-order valence-electron chi connectivity index (χ3n) is 5.68. The molecule has 0 radical (unpaired) electrons. The lowest BCUT2D eigenvalue weighted by Gasteiger charge is -2.26. The van der Waals surface area contributed by atoms with Crippen LogP contribution in [0.3, 0.4) is 0 Å². The maximum absolute atomic E-state index is 12.8. The molecule has 0 N–H and O–H groups in total. The van der Waals surface area contributed by atoms with Gasteiger partial charge in [0.2, 0.25) is 0 Å². The summed E-state index contributed by atoms with van der Waals surface area (Å²) in [7, 11) is 0. The molecule has 1 heterocycles. The molecule has 0 aromatic heterocycles. The van der Waals surface area contributed by atoms with Crippen LogP contribution in [0.5, 0.6) is 0 Å². The van der Waals surface area contributed by atoms with Crippen molar-refractivity contribution in [2.45, 2.75) is 73.5 Å². The number of esters is 1. The molecule has 3 atom stereocenters. The van der Waals surface area contributed by atoms with Gasteiger partial charge in [-0.1, -0.05) is 79.4 Å². The van der Waals surface area contributed by atoms with Crippen molar-refractivity contribution in [3.8, 4) is 0 Å². The van der Waals surface area contributed by atoms with Crippen LogP contribution in [0.4, 0.5) is 0 Å². The van der Waals surface area contributed by atoms with Crippen LogP contribution in [0.2, 0.25) is 0 Å². The van der Waals surface area contributed by atoms with Crippen molar-refractivity contribution in [1.29, 1.82) is 0 Å². The van der Waals surface area contributed by atoms with Gasteiger partial charge in [0.05, 0.1) is 12.6 Å². The summed E-state index contributed by atoms with van der Waals surface area (Å²) in [5.74, 6) is -0.105. The van der Waals surface area contributed by atoms with Gasteiger partial charge in [-0.15, -0.1) is 0 Å². The molecule has 1 aliphatic rings. The zero-order valence-electron chi connectivity index (χ0n) is 19.2. The molecule has 156 valence electrons. The van der Waals surface area contributed by atoms with E-state index in [0.29, 0.717) is 6.61 Å². The fraction of sp³-hybridized carbons (Fsp3) is 0.500. The van der Waals surface area contributed by atoms with Crippen LogP contribution in [0, 0.1) is 33.1 Å². The average Bonchev–Trinajstić information content (AvgIpc) is 3.29. The molecular formula is C26H35NO2. The smallest absolute Gasteiger partial charge is 0.325 e. The summed E-state index contributed by atoms with van der Waals surface area (Å²) in [4.78, 5) is 15.2. The van der Waals surface area contributed by atoms with Gasteiger partial charge in [-0.25, -0.2) is 0 Å². The third kappa shape index (κ3) is 4.56. The summed E-state index contributed by atoms with van der Waals surface area (Å²) >= 11 is 0. The van der Waals surface area contributed by atoms with Gasteiger partial charge in [-0.3, -0.25) is 9.69 Å². The lowest BCUT2D eigenvalue weighted by atomic mass is 9.89. The third-order valence-corrected chi connectivity index (χ3v) is 5.68. The highest BCUT2D eigenvalue weighted by atomic mass is 16.5. The summed E-state index contributed by atoms with van der Waals surface area (Å²) in [5, 5.41) is 0. The summed E-state index contributed by atoms with van der Waals surface area (Å²) < 4.78 is 5.46. The van der Waals surface area contributed by atoms with Crippen LogP contribution >= 0.6 is 0 Å². The largest absolute Gasteiger partial charge is 0.465 e. The molecule has 2 aromatic rings. The molecule has 0 spiro atoms. The van der Waals surface area contributed by atoms with Crippen molar-refractivity contribution in [1.82, 2.24) is 4.90 Å². The summed E-state index contributed by atoms with van der Waals surface area (Å²) in [6.45, 7) is 17.5. The number of benzene rings is 2. The Kier molecular flexibility index (Phi) is 5.91. The number of aryl methyl sites for hydroxylation is 4. The van der Waals surface area contributed by atoms with E-state index in [0.717, 1.165) is 0 Å². The minimum atomic E-state index is -0.207. The summed E-state index contributed by atoms with van der Waals surface area (Å²) in [5.41, 5.74) is 7.45. The Bertz CT molecular complexity index is 817. The van der Waals surface area contributed by atoms with Gasteiger partial charge in [-0.05, 0) is 51.2 Å². The number of hydrogen-bond acceptors (Lipinski definition) is 3. The molecule has 0 bridgehead atoms. The monoisotopic (exact) mass is 393 g/mol. The van der Waals surface area contributed by atoms with Crippen LogP contribution in [0.25, 0.3) is 0 Å². The number of carbonyl (C=O) groups excluding carboxylic acids is 1. The van der Waals surface area contributed by atoms with Gasteiger partial charge < -0.3 is 4.74 Å². The Hall–Kier alpha value is -2.13. The Morgan fingerprint density at radius 2 is 1.31 bits per heavy atom. The highest BCUT2D eigenvalue weighted by Crippen LogP contribution is 2.50. The van der Waals surface area contributed by atoms with Crippen molar-refractivity contribution in [3.05, 3.63) is 69.8 Å². The normalized spacial score (nSPS) is 21.3. The summed E-state index contributed by atoms with van der Waals surface area (Å²) in [6.07, 6.45) is 0. The second-order valence-corrected chi connectivity index (χ2v) is 9.70. The van der Waals surface area contributed by atoms with Crippen molar-refractivity contribution < 1.29 is 9.53 Å². The van der Waals surface area contributed by atoms with Crippen LogP contribution in [-0.2, 0) is 9.53 Å². The average molecular weight is 394 g/mol. The number of carbonyl (C=O) groups is 1. The number of rotatable bonds is 5. The van der Waals surface area contributed by atoms with Crippen LogP contribution < -0.4 is 0 Å². The predicted molar refractivity (Wildman–Crippen MR) is 119 cm³/mol. The molecule has 1 aliphatic heterocycles. The Morgan fingerprint density at radius 1 is 0.897 bits per heavy atom.